The molecule has 110 valence electrons. The van der Waals surface area contributed by atoms with Gasteiger partial charge < -0.3 is 10.1 Å². The predicted molar refractivity (Wildman–Crippen MR) is 86.8 cm³/mol. The topological polar surface area (TPSA) is 38.3 Å². The van der Waals surface area contributed by atoms with E-state index in [1.54, 1.807) is 12.1 Å². The van der Waals surface area contributed by atoms with Crippen LogP contribution < -0.4 is 10.1 Å². The standard InChI is InChI=1S/C17H18ClNO2/c1-2-3-9-19-16-11-13(12-20)10-15(18)17(16)21-14-7-5-4-6-8-14/h4-8,10-12,19H,2-3,9H2,1H3. The smallest absolute Gasteiger partial charge is 0.169 e. The van der Waals surface area contributed by atoms with Crippen molar-refractivity contribution in [2.24, 2.45) is 0 Å². The Bertz CT molecular complexity index is 599. The van der Waals surface area contributed by atoms with E-state index in [4.69, 9.17) is 16.3 Å². The largest absolute Gasteiger partial charge is 0.454 e. The van der Waals surface area contributed by atoms with Crippen LogP contribution in [0.15, 0.2) is 42.5 Å². The summed E-state index contributed by atoms with van der Waals surface area (Å²) in [5.74, 6) is 1.25. The maximum atomic E-state index is 11.0. The quantitative estimate of drug-likeness (QED) is 0.567. The molecule has 2 rings (SSSR count). The summed E-state index contributed by atoms with van der Waals surface area (Å²) in [6.07, 6.45) is 2.90. The summed E-state index contributed by atoms with van der Waals surface area (Å²) in [4.78, 5) is 11.0. The number of hydrogen-bond donors (Lipinski definition) is 1. The van der Waals surface area contributed by atoms with E-state index in [0.29, 0.717) is 22.1 Å². The summed E-state index contributed by atoms with van der Waals surface area (Å²) in [5, 5.41) is 3.70. The normalized spacial score (nSPS) is 10.2. The van der Waals surface area contributed by atoms with E-state index in [2.05, 4.69) is 12.2 Å². The van der Waals surface area contributed by atoms with E-state index >= 15 is 0 Å². The lowest BCUT2D eigenvalue weighted by Gasteiger charge is -2.15. The molecule has 0 fully saturated rings. The van der Waals surface area contributed by atoms with E-state index in [9.17, 15) is 4.79 Å². The van der Waals surface area contributed by atoms with Gasteiger partial charge in [0.05, 0.1) is 10.7 Å². The molecule has 0 aliphatic heterocycles. The molecule has 0 aliphatic rings. The second-order valence-corrected chi connectivity index (χ2v) is 5.10. The lowest BCUT2D eigenvalue weighted by molar-refractivity contribution is 0.112. The SMILES string of the molecule is CCCCNc1cc(C=O)cc(Cl)c1Oc1ccccc1. The maximum absolute atomic E-state index is 11.0. The number of carbonyl (C=O) groups excluding carboxylic acids is 1. The van der Waals surface area contributed by atoms with Gasteiger partial charge in [0.15, 0.2) is 5.75 Å². The molecule has 0 amide bonds. The molecule has 0 aliphatic carbocycles. The van der Waals surface area contributed by atoms with Crippen LogP contribution in [-0.4, -0.2) is 12.8 Å². The average molecular weight is 304 g/mol. The number of halogens is 1. The van der Waals surface area contributed by atoms with Crippen molar-refractivity contribution in [3.63, 3.8) is 0 Å². The molecule has 0 bridgehead atoms. The number of unbranched alkanes of at least 4 members (excludes halogenated alkanes) is 1. The first-order valence-electron chi connectivity index (χ1n) is 7.00. The molecule has 2 aromatic carbocycles. The van der Waals surface area contributed by atoms with E-state index in [1.165, 1.54) is 0 Å². The number of aldehydes is 1. The molecule has 3 nitrogen and oxygen atoms in total. The minimum atomic E-state index is 0.419. The second kappa shape index (κ2) is 7.70. The molecule has 2 aromatic rings. The fourth-order valence-electron chi connectivity index (χ4n) is 1.92. The van der Waals surface area contributed by atoms with Crippen LogP contribution in [0.3, 0.4) is 0 Å². The molecule has 0 spiro atoms. The zero-order valence-electron chi connectivity index (χ0n) is 11.9. The highest BCUT2D eigenvalue weighted by Crippen LogP contribution is 2.37. The van der Waals surface area contributed by atoms with Gasteiger partial charge >= 0.3 is 0 Å². The minimum Gasteiger partial charge on any atom is -0.454 e. The van der Waals surface area contributed by atoms with E-state index in [0.717, 1.165) is 31.4 Å². The van der Waals surface area contributed by atoms with E-state index < -0.39 is 0 Å². The van der Waals surface area contributed by atoms with Crippen molar-refractivity contribution in [2.75, 3.05) is 11.9 Å². The van der Waals surface area contributed by atoms with Crippen LogP contribution >= 0.6 is 11.6 Å². The van der Waals surface area contributed by atoms with Crippen molar-refractivity contribution in [1.29, 1.82) is 0 Å². The van der Waals surface area contributed by atoms with Crippen LogP contribution in [0.5, 0.6) is 11.5 Å². The Labute approximate surface area is 129 Å². The summed E-state index contributed by atoms with van der Waals surface area (Å²) >= 11 is 6.25. The van der Waals surface area contributed by atoms with Crippen molar-refractivity contribution in [3.05, 3.63) is 53.1 Å². The summed E-state index contributed by atoms with van der Waals surface area (Å²) < 4.78 is 5.86. The van der Waals surface area contributed by atoms with Gasteiger partial charge in [-0.15, -0.1) is 0 Å². The number of anilines is 1. The first-order valence-corrected chi connectivity index (χ1v) is 7.38. The van der Waals surface area contributed by atoms with Gasteiger partial charge in [-0.25, -0.2) is 0 Å². The molecule has 4 heteroatoms. The molecular formula is C17H18ClNO2. The van der Waals surface area contributed by atoms with Crippen molar-refractivity contribution in [2.45, 2.75) is 19.8 Å². The summed E-state index contributed by atoms with van der Waals surface area (Å²) in [6.45, 7) is 2.93. The van der Waals surface area contributed by atoms with Crippen LogP contribution in [0.25, 0.3) is 0 Å². The molecule has 21 heavy (non-hydrogen) atoms. The van der Waals surface area contributed by atoms with Gasteiger partial charge in [-0.2, -0.15) is 0 Å². The third-order valence-corrected chi connectivity index (χ3v) is 3.29. The van der Waals surface area contributed by atoms with Crippen LogP contribution in [0, 0.1) is 0 Å². The van der Waals surface area contributed by atoms with Crippen molar-refractivity contribution in [1.82, 2.24) is 0 Å². The Morgan fingerprint density at radius 2 is 2.00 bits per heavy atom. The highest BCUT2D eigenvalue weighted by atomic mass is 35.5. The number of hydrogen-bond acceptors (Lipinski definition) is 3. The fraction of sp³-hybridized carbons (Fsp3) is 0.235. The van der Waals surface area contributed by atoms with Gasteiger partial charge in [-0.3, -0.25) is 4.79 Å². The van der Waals surface area contributed by atoms with Crippen molar-refractivity contribution < 1.29 is 9.53 Å². The van der Waals surface area contributed by atoms with Gasteiger partial charge in [-0.1, -0.05) is 43.1 Å². The average Bonchev–Trinajstić information content (AvgIpc) is 2.51. The Kier molecular flexibility index (Phi) is 5.64. The Balaban J connectivity index is 2.30. The van der Waals surface area contributed by atoms with Crippen LogP contribution in [0.1, 0.15) is 30.1 Å². The number of carbonyl (C=O) groups is 1. The lowest BCUT2D eigenvalue weighted by atomic mass is 10.2. The van der Waals surface area contributed by atoms with Crippen LogP contribution in [-0.2, 0) is 0 Å². The maximum Gasteiger partial charge on any atom is 0.169 e. The Morgan fingerprint density at radius 1 is 1.24 bits per heavy atom. The molecule has 0 saturated carbocycles. The van der Waals surface area contributed by atoms with Gasteiger partial charge in [0.25, 0.3) is 0 Å². The third kappa shape index (κ3) is 4.23. The van der Waals surface area contributed by atoms with Gasteiger partial charge in [0.2, 0.25) is 0 Å². The summed E-state index contributed by atoms with van der Waals surface area (Å²) in [5.41, 5.74) is 1.27. The Hall–Kier alpha value is -2.00. The van der Waals surface area contributed by atoms with Crippen LogP contribution in [0.4, 0.5) is 5.69 Å². The monoisotopic (exact) mass is 303 g/mol. The highest BCUT2D eigenvalue weighted by molar-refractivity contribution is 6.32. The molecule has 0 unspecified atom stereocenters. The van der Waals surface area contributed by atoms with Gasteiger partial charge in [0.1, 0.15) is 12.0 Å². The van der Waals surface area contributed by atoms with E-state index in [1.807, 2.05) is 30.3 Å². The number of benzene rings is 2. The summed E-state index contributed by atoms with van der Waals surface area (Å²) in [7, 11) is 0. The second-order valence-electron chi connectivity index (χ2n) is 4.69. The molecule has 0 saturated heterocycles. The Morgan fingerprint density at radius 3 is 2.67 bits per heavy atom. The van der Waals surface area contributed by atoms with Gasteiger partial charge in [-0.05, 0) is 30.7 Å². The first kappa shape index (κ1) is 15.4. The third-order valence-electron chi connectivity index (χ3n) is 3.01. The molecule has 0 atom stereocenters. The number of para-hydroxylation sites is 1. The number of rotatable bonds is 7. The fourth-order valence-corrected chi connectivity index (χ4v) is 2.19. The number of ether oxygens (including phenoxy) is 1. The summed E-state index contributed by atoms with van der Waals surface area (Å²) in [6, 6.07) is 12.8. The highest BCUT2D eigenvalue weighted by Gasteiger charge is 2.12. The first-order chi connectivity index (χ1) is 10.2. The molecule has 1 N–H and O–H groups in total. The molecular weight excluding hydrogens is 286 g/mol. The zero-order chi connectivity index (χ0) is 15.1. The lowest BCUT2D eigenvalue weighted by Crippen LogP contribution is -2.03. The predicted octanol–water partition coefficient (Wildman–Crippen LogP) is 5.16. The van der Waals surface area contributed by atoms with E-state index in [-0.39, 0.29) is 0 Å². The molecule has 0 heterocycles. The molecule has 0 radical (unpaired) electrons. The minimum absolute atomic E-state index is 0.419. The molecule has 0 aromatic heterocycles. The van der Waals surface area contributed by atoms with Crippen molar-refractivity contribution >= 4 is 23.6 Å². The van der Waals surface area contributed by atoms with Gasteiger partial charge in [0, 0.05) is 12.1 Å². The number of nitrogens with one attached hydrogen (secondary N) is 1. The van der Waals surface area contributed by atoms with Crippen molar-refractivity contribution in [3.8, 4) is 11.5 Å². The van der Waals surface area contributed by atoms with Crippen LogP contribution in [0.2, 0.25) is 5.02 Å². The zero-order valence-corrected chi connectivity index (χ0v) is 12.7.